The number of amides is 1. The first-order valence-corrected chi connectivity index (χ1v) is 4.67. The number of halogens is 2. The van der Waals surface area contributed by atoms with Gasteiger partial charge in [-0.05, 0) is 0 Å². The van der Waals surface area contributed by atoms with E-state index in [1.54, 1.807) is 6.07 Å². The molecular weight excluding hydrogens is 230 g/mol. The van der Waals surface area contributed by atoms with E-state index in [9.17, 15) is 13.6 Å². The normalized spacial score (nSPS) is 9.59. The molecule has 0 aliphatic heterocycles. The van der Waals surface area contributed by atoms with Gasteiger partial charge < -0.3 is 9.64 Å². The molecule has 0 bridgehead atoms. The van der Waals surface area contributed by atoms with Crippen molar-refractivity contribution in [3.05, 3.63) is 23.8 Å². The van der Waals surface area contributed by atoms with Gasteiger partial charge in [0.15, 0.2) is 17.4 Å². The lowest BCUT2D eigenvalue weighted by atomic mass is 10.2. The summed E-state index contributed by atoms with van der Waals surface area (Å²) in [5, 5.41) is 8.35. The largest absolute Gasteiger partial charge is 0.494 e. The third-order valence-electron chi connectivity index (χ3n) is 2.19. The van der Waals surface area contributed by atoms with E-state index >= 15 is 0 Å². The summed E-state index contributed by atoms with van der Waals surface area (Å²) in [5.41, 5.74) is -0.233. The molecule has 90 valence electrons. The van der Waals surface area contributed by atoms with Crippen molar-refractivity contribution >= 4 is 11.6 Å². The Hall–Kier alpha value is -2.16. The number of carbonyl (C=O) groups is 1. The highest BCUT2D eigenvalue weighted by Gasteiger charge is 2.17. The van der Waals surface area contributed by atoms with Crippen LogP contribution in [0.5, 0.6) is 5.75 Å². The van der Waals surface area contributed by atoms with Gasteiger partial charge in [-0.3, -0.25) is 4.79 Å². The van der Waals surface area contributed by atoms with Crippen molar-refractivity contribution in [2.24, 2.45) is 0 Å². The molecular formula is C11H10F2N2O2. The van der Waals surface area contributed by atoms with E-state index in [2.05, 4.69) is 4.74 Å². The zero-order valence-electron chi connectivity index (χ0n) is 9.33. The minimum absolute atomic E-state index is 0.233. The molecule has 0 aromatic heterocycles. The second-order valence-corrected chi connectivity index (χ2v) is 3.23. The number of nitrogens with zero attached hydrogens (tertiary/aromatic N) is 2. The van der Waals surface area contributed by atoms with Gasteiger partial charge in [-0.25, -0.2) is 8.78 Å². The van der Waals surface area contributed by atoms with Crippen molar-refractivity contribution < 1.29 is 18.3 Å². The highest BCUT2D eigenvalue weighted by atomic mass is 19.1. The van der Waals surface area contributed by atoms with Crippen LogP contribution in [0.2, 0.25) is 0 Å². The molecule has 0 saturated heterocycles. The van der Waals surface area contributed by atoms with Gasteiger partial charge in [-0.15, -0.1) is 0 Å². The number of methoxy groups -OCH3 is 1. The Morgan fingerprint density at radius 1 is 1.47 bits per heavy atom. The van der Waals surface area contributed by atoms with Crippen molar-refractivity contribution in [1.82, 2.24) is 0 Å². The molecule has 1 aromatic carbocycles. The molecule has 1 rings (SSSR count). The Bertz CT molecular complexity index is 483. The average molecular weight is 240 g/mol. The predicted octanol–water partition coefficient (Wildman–Crippen LogP) is 1.85. The highest BCUT2D eigenvalue weighted by Crippen LogP contribution is 2.27. The van der Waals surface area contributed by atoms with Crippen molar-refractivity contribution in [3.8, 4) is 11.8 Å². The molecule has 0 fully saturated rings. The molecule has 0 heterocycles. The fraction of sp³-hybridized carbons (Fsp3) is 0.273. The summed E-state index contributed by atoms with van der Waals surface area (Å²) in [4.78, 5) is 12.2. The summed E-state index contributed by atoms with van der Waals surface area (Å²) in [5.74, 6) is -2.43. The van der Waals surface area contributed by atoms with Crippen LogP contribution in [0.25, 0.3) is 0 Å². The van der Waals surface area contributed by atoms with Gasteiger partial charge in [0, 0.05) is 19.2 Å². The maximum atomic E-state index is 13.5. The van der Waals surface area contributed by atoms with Gasteiger partial charge in [0.25, 0.3) is 0 Å². The molecule has 17 heavy (non-hydrogen) atoms. The lowest BCUT2D eigenvalue weighted by Crippen LogP contribution is -2.26. The molecule has 0 spiro atoms. The molecule has 0 aliphatic carbocycles. The molecule has 6 heteroatoms. The first-order valence-electron chi connectivity index (χ1n) is 4.67. The van der Waals surface area contributed by atoms with Crippen molar-refractivity contribution in [1.29, 1.82) is 5.26 Å². The molecule has 0 atom stereocenters. The van der Waals surface area contributed by atoms with Gasteiger partial charge in [0.05, 0.1) is 18.9 Å². The van der Waals surface area contributed by atoms with Crippen LogP contribution in [0, 0.1) is 23.0 Å². The number of ether oxygens (including phenoxy) is 1. The summed E-state index contributed by atoms with van der Waals surface area (Å²) < 4.78 is 31.5. The molecule has 0 unspecified atom stereocenters. The van der Waals surface area contributed by atoms with Crippen LogP contribution in [0.1, 0.15) is 6.42 Å². The topological polar surface area (TPSA) is 53.3 Å². The molecule has 1 amide bonds. The Balaban J connectivity index is 3.11. The summed E-state index contributed by atoms with van der Waals surface area (Å²) in [6, 6.07) is 3.34. The summed E-state index contributed by atoms with van der Waals surface area (Å²) in [6.07, 6.45) is -0.399. The summed E-state index contributed by atoms with van der Waals surface area (Å²) in [6.45, 7) is 0. The molecule has 0 radical (unpaired) electrons. The lowest BCUT2D eigenvalue weighted by molar-refractivity contribution is -0.117. The van der Waals surface area contributed by atoms with Crippen LogP contribution < -0.4 is 9.64 Å². The van der Waals surface area contributed by atoms with Crippen molar-refractivity contribution in [2.45, 2.75) is 6.42 Å². The number of carbonyl (C=O) groups excluding carboxylic acids is 1. The minimum Gasteiger partial charge on any atom is -0.494 e. The van der Waals surface area contributed by atoms with Gasteiger partial charge in [0.1, 0.15) is 6.42 Å². The minimum atomic E-state index is -0.794. The quantitative estimate of drug-likeness (QED) is 0.810. The first-order chi connectivity index (χ1) is 8.01. The molecule has 0 aliphatic rings. The first kappa shape index (κ1) is 12.9. The standard InChI is InChI=1S/C11H10F2N2O2/c1-15(11(16)3-4-14)9-5-8(13)10(17-2)6-7(9)12/h5-6H,3H2,1-2H3. The van der Waals surface area contributed by atoms with Gasteiger partial charge in [-0.1, -0.05) is 0 Å². The van der Waals surface area contributed by atoms with Gasteiger partial charge in [-0.2, -0.15) is 5.26 Å². The Kier molecular flexibility index (Phi) is 3.99. The maximum Gasteiger partial charge on any atom is 0.241 e. The van der Waals surface area contributed by atoms with Gasteiger partial charge in [0.2, 0.25) is 5.91 Å². The Labute approximate surface area is 97.0 Å². The number of hydrogen-bond donors (Lipinski definition) is 0. The summed E-state index contributed by atoms with van der Waals surface area (Å²) >= 11 is 0. The fourth-order valence-electron chi connectivity index (χ4n) is 1.25. The zero-order valence-corrected chi connectivity index (χ0v) is 9.33. The van der Waals surface area contributed by atoms with Crippen LogP contribution in [0.15, 0.2) is 12.1 Å². The zero-order chi connectivity index (χ0) is 13.0. The van der Waals surface area contributed by atoms with E-state index in [1.165, 1.54) is 14.2 Å². The SMILES string of the molecule is COc1cc(F)c(N(C)C(=O)CC#N)cc1F. The predicted molar refractivity (Wildman–Crippen MR) is 56.6 cm³/mol. The van der Waals surface area contributed by atoms with Crippen LogP contribution in [0.4, 0.5) is 14.5 Å². The smallest absolute Gasteiger partial charge is 0.241 e. The number of nitriles is 1. The molecule has 1 aromatic rings. The van der Waals surface area contributed by atoms with E-state index < -0.39 is 24.0 Å². The molecule has 4 nitrogen and oxygen atoms in total. The number of hydrogen-bond acceptors (Lipinski definition) is 3. The summed E-state index contributed by atoms with van der Waals surface area (Å²) in [7, 11) is 2.48. The Morgan fingerprint density at radius 3 is 2.65 bits per heavy atom. The number of rotatable bonds is 3. The number of anilines is 1. The van der Waals surface area contributed by atoms with E-state index in [0.717, 1.165) is 17.0 Å². The molecule has 0 N–H and O–H groups in total. The highest BCUT2D eigenvalue weighted by molar-refractivity contribution is 5.94. The second-order valence-electron chi connectivity index (χ2n) is 3.23. The van der Waals surface area contributed by atoms with E-state index in [0.29, 0.717) is 0 Å². The Morgan fingerprint density at radius 2 is 2.12 bits per heavy atom. The van der Waals surface area contributed by atoms with Gasteiger partial charge >= 0.3 is 0 Å². The molecule has 0 saturated carbocycles. The van der Waals surface area contributed by atoms with Crippen molar-refractivity contribution in [2.75, 3.05) is 19.1 Å². The third-order valence-corrected chi connectivity index (χ3v) is 2.19. The second kappa shape index (κ2) is 5.25. The van der Waals surface area contributed by atoms with Crippen molar-refractivity contribution in [3.63, 3.8) is 0 Å². The van der Waals surface area contributed by atoms with Crippen LogP contribution in [0.3, 0.4) is 0 Å². The van der Waals surface area contributed by atoms with E-state index in [4.69, 9.17) is 5.26 Å². The van der Waals surface area contributed by atoms with Crippen LogP contribution in [-0.2, 0) is 4.79 Å². The monoisotopic (exact) mass is 240 g/mol. The lowest BCUT2D eigenvalue weighted by Gasteiger charge is -2.17. The third kappa shape index (κ3) is 2.69. The average Bonchev–Trinajstić information content (AvgIpc) is 2.31. The fourth-order valence-corrected chi connectivity index (χ4v) is 1.25. The number of benzene rings is 1. The van der Waals surface area contributed by atoms with Crippen LogP contribution in [-0.4, -0.2) is 20.1 Å². The van der Waals surface area contributed by atoms with E-state index in [1.807, 2.05) is 0 Å². The maximum absolute atomic E-state index is 13.5. The van der Waals surface area contributed by atoms with E-state index in [-0.39, 0.29) is 11.4 Å². The van der Waals surface area contributed by atoms with Crippen LogP contribution >= 0.6 is 0 Å².